The number of hydrogen-bond donors (Lipinski definition) is 1. The first kappa shape index (κ1) is 17.1. The molecule has 1 aliphatic heterocycles. The van der Waals surface area contributed by atoms with E-state index in [0.717, 1.165) is 25.9 Å². The Morgan fingerprint density at radius 1 is 1.00 bits per heavy atom. The lowest BCUT2D eigenvalue weighted by Crippen LogP contribution is -2.47. The van der Waals surface area contributed by atoms with E-state index in [1.165, 1.54) is 25.7 Å². The van der Waals surface area contributed by atoms with E-state index >= 15 is 0 Å². The van der Waals surface area contributed by atoms with Crippen LogP contribution in [0.5, 0.6) is 11.5 Å². The van der Waals surface area contributed by atoms with Crippen molar-refractivity contribution in [1.29, 1.82) is 0 Å². The molecule has 1 saturated carbocycles. The molecule has 0 atom stereocenters. The molecule has 3 rings (SSSR count). The maximum Gasteiger partial charge on any atom is 0.253 e. The Hall–Kier alpha value is -1.75. The number of nitrogens with one attached hydrogen (secondary N) is 1. The van der Waals surface area contributed by atoms with Crippen molar-refractivity contribution in [3.63, 3.8) is 0 Å². The van der Waals surface area contributed by atoms with Gasteiger partial charge in [-0.3, -0.25) is 4.79 Å². The molecule has 24 heavy (non-hydrogen) atoms. The average Bonchev–Trinajstić information content (AvgIpc) is 3.14. The van der Waals surface area contributed by atoms with Crippen LogP contribution in [-0.4, -0.2) is 50.2 Å². The summed E-state index contributed by atoms with van der Waals surface area (Å²) in [4.78, 5) is 14.7. The molecule has 0 unspecified atom stereocenters. The second-order valence-electron chi connectivity index (χ2n) is 6.78. The largest absolute Gasteiger partial charge is 0.493 e. The SMILES string of the molecule is COc1ccc(C(=O)N2CCC(NC3CCCC3)CC2)cc1OC. The minimum Gasteiger partial charge on any atom is -0.493 e. The molecule has 0 aromatic heterocycles. The summed E-state index contributed by atoms with van der Waals surface area (Å²) < 4.78 is 10.5. The van der Waals surface area contributed by atoms with Crippen LogP contribution in [0.25, 0.3) is 0 Å². The number of nitrogens with zero attached hydrogens (tertiary/aromatic N) is 1. The molecule has 0 bridgehead atoms. The standard InChI is InChI=1S/C19H28N2O3/c1-23-17-8-7-14(13-18(17)24-2)19(22)21-11-9-16(10-12-21)20-15-5-3-4-6-15/h7-8,13,15-16,20H,3-6,9-12H2,1-2H3. The van der Waals surface area contributed by atoms with Crippen molar-refractivity contribution >= 4 is 5.91 Å². The molecule has 1 aromatic carbocycles. The third-order valence-corrected chi connectivity index (χ3v) is 5.24. The number of rotatable bonds is 5. The second kappa shape index (κ2) is 7.88. The second-order valence-corrected chi connectivity index (χ2v) is 6.78. The molecule has 0 spiro atoms. The number of piperidine rings is 1. The van der Waals surface area contributed by atoms with Crippen molar-refractivity contribution < 1.29 is 14.3 Å². The molecule has 1 aliphatic carbocycles. The first-order chi connectivity index (χ1) is 11.7. The number of carbonyl (C=O) groups is 1. The van der Waals surface area contributed by atoms with E-state index in [1.54, 1.807) is 26.4 Å². The number of hydrogen-bond acceptors (Lipinski definition) is 4. The van der Waals surface area contributed by atoms with Crippen LogP contribution in [0, 0.1) is 0 Å². The fraction of sp³-hybridized carbons (Fsp3) is 0.632. The zero-order valence-corrected chi connectivity index (χ0v) is 14.7. The molecule has 2 fully saturated rings. The molecule has 132 valence electrons. The van der Waals surface area contributed by atoms with Crippen molar-refractivity contribution in [2.24, 2.45) is 0 Å². The number of likely N-dealkylation sites (tertiary alicyclic amines) is 1. The highest BCUT2D eigenvalue weighted by molar-refractivity contribution is 5.95. The fourth-order valence-electron chi connectivity index (χ4n) is 3.83. The van der Waals surface area contributed by atoms with Gasteiger partial charge in [-0.1, -0.05) is 12.8 Å². The summed E-state index contributed by atoms with van der Waals surface area (Å²) in [6.07, 6.45) is 7.41. The molecule has 1 saturated heterocycles. The molecule has 5 nitrogen and oxygen atoms in total. The Balaban J connectivity index is 1.56. The van der Waals surface area contributed by atoms with Crippen molar-refractivity contribution in [3.05, 3.63) is 23.8 Å². The van der Waals surface area contributed by atoms with Crippen LogP contribution in [0.3, 0.4) is 0 Å². The zero-order chi connectivity index (χ0) is 16.9. The Bertz CT molecular complexity index is 562. The van der Waals surface area contributed by atoms with E-state index in [0.29, 0.717) is 29.1 Å². The van der Waals surface area contributed by atoms with E-state index in [9.17, 15) is 4.79 Å². The summed E-state index contributed by atoms with van der Waals surface area (Å²) in [7, 11) is 3.19. The first-order valence-corrected chi connectivity index (χ1v) is 8.98. The van der Waals surface area contributed by atoms with E-state index < -0.39 is 0 Å². The van der Waals surface area contributed by atoms with Crippen LogP contribution in [0.2, 0.25) is 0 Å². The summed E-state index contributed by atoms with van der Waals surface area (Å²) in [6.45, 7) is 1.63. The Labute approximate surface area is 144 Å². The van der Waals surface area contributed by atoms with Gasteiger partial charge in [-0.05, 0) is 43.9 Å². The van der Waals surface area contributed by atoms with Gasteiger partial charge in [0.05, 0.1) is 14.2 Å². The van der Waals surface area contributed by atoms with Gasteiger partial charge >= 0.3 is 0 Å². The van der Waals surface area contributed by atoms with Crippen LogP contribution >= 0.6 is 0 Å². The van der Waals surface area contributed by atoms with Crippen molar-refractivity contribution in [1.82, 2.24) is 10.2 Å². The molecule has 1 aromatic rings. The van der Waals surface area contributed by atoms with E-state index in [-0.39, 0.29) is 5.91 Å². The summed E-state index contributed by atoms with van der Waals surface area (Å²) in [5.74, 6) is 1.32. The third kappa shape index (κ3) is 3.83. The summed E-state index contributed by atoms with van der Waals surface area (Å²) >= 11 is 0. The van der Waals surface area contributed by atoms with Gasteiger partial charge in [0.2, 0.25) is 0 Å². The highest BCUT2D eigenvalue weighted by Gasteiger charge is 2.26. The summed E-state index contributed by atoms with van der Waals surface area (Å²) in [5.41, 5.74) is 0.662. The third-order valence-electron chi connectivity index (χ3n) is 5.24. The normalized spacial score (nSPS) is 19.5. The summed E-state index contributed by atoms with van der Waals surface area (Å²) in [5, 5.41) is 3.78. The van der Waals surface area contributed by atoms with E-state index in [1.807, 2.05) is 11.0 Å². The van der Waals surface area contributed by atoms with Crippen LogP contribution in [0.4, 0.5) is 0 Å². The molecular formula is C19H28N2O3. The molecule has 5 heteroatoms. The Morgan fingerprint density at radius 2 is 1.62 bits per heavy atom. The molecule has 1 N–H and O–H groups in total. The van der Waals surface area contributed by atoms with Gasteiger partial charge in [-0.15, -0.1) is 0 Å². The lowest BCUT2D eigenvalue weighted by Gasteiger charge is -2.34. The van der Waals surface area contributed by atoms with Crippen LogP contribution in [-0.2, 0) is 0 Å². The zero-order valence-electron chi connectivity index (χ0n) is 14.7. The lowest BCUT2D eigenvalue weighted by molar-refractivity contribution is 0.0701. The van der Waals surface area contributed by atoms with Crippen molar-refractivity contribution in [2.45, 2.75) is 50.6 Å². The maximum absolute atomic E-state index is 12.7. The van der Waals surface area contributed by atoms with Gasteiger partial charge in [0.25, 0.3) is 5.91 Å². The topological polar surface area (TPSA) is 50.8 Å². The number of ether oxygens (including phenoxy) is 2. The predicted octanol–water partition coefficient (Wildman–Crippen LogP) is 2.84. The van der Waals surface area contributed by atoms with Gasteiger partial charge < -0.3 is 19.7 Å². The number of amides is 1. The number of methoxy groups -OCH3 is 2. The highest BCUT2D eigenvalue weighted by Crippen LogP contribution is 2.28. The van der Waals surface area contributed by atoms with Gasteiger partial charge in [-0.25, -0.2) is 0 Å². The van der Waals surface area contributed by atoms with Crippen LogP contribution in [0.1, 0.15) is 48.9 Å². The van der Waals surface area contributed by atoms with E-state index in [4.69, 9.17) is 9.47 Å². The average molecular weight is 332 g/mol. The smallest absolute Gasteiger partial charge is 0.253 e. The van der Waals surface area contributed by atoms with Crippen LogP contribution < -0.4 is 14.8 Å². The van der Waals surface area contributed by atoms with Gasteiger partial charge in [0, 0.05) is 30.7 Å². The van der Waals surface area contributed by atoms with Gasteiger partial charge in [0.15, 0.2) is 11.5 Å². The van der Waals surface area contributed by atoms with Crippen molar-refractivity contribution in [2.75, 3.05) is 27.3 Å². The van der Waals surface area contributed by atoms with Crippen LogP contribution in [0.15, 0.2) is 18.2 Å². The van der Waals surface area contributed by atoms with E-state index in [2.05, 4.69) is 5.32 Å². The minimum absolute atomic E-state index is 0.0790. The molecule has 1 heterocycles. The first-order valence-electron chi connectivity index (χ1n) is 8.98. The quantitative estimate of drug-likeness (QED) is 0.901. The summed E-state index contributed by atoms with van der Waals surface area (Å²) in [6, 6.07) is 6.63. The minimum atomic E-state index is 0.0790. The number of carbonyl (C=O) groups excluding carboxylic acids is 1. The predicted molar refractivity (Wildman–Crippen MR) is 93.9 cm³/mol. The Morgan fingerprint density at radius 3 is 2.25 bits per heavy atom. The monoisotopic (exact) mass is 332 g/mol. The lowest BCUT2D eigenvalue weighted by atomic mass is 10.0. The fourth-order valence-corrected chi connectivity index (χ4v) is 3.83. The van der Waals surface area contributed by atoms with Gasteiger partial charge in [0.1, 0.15) is 0 Å². The molecule has 0 radical (unpaired) electrons. The van der Waals surface area contributed by atoms with Gasteiger partial charge in [-0.2, -0.15) is 0 Å². The molecule has 1 amide bonds. The van der Waals surface area contributed by atoms with Crippen molar-refractivity contribution in [3.8, 4) is 11.5 Å². The Kier molecular flexibility index (Phi) is 5.61. The number of benzene rings is 1. The maximum atomic E-state index is 12.7. The molecular weight excluding hydrogens is 304 g/mol. The molecule has 2 aliphatic rings. The highest BCUT2D eigenvalue weighted by atomic mass is 16.5.